The quantitative estimate of drug-likeness (QED) is 0.631. The van der Waals surface area contributed by atoms with Gasteiger partial charge in [-0.25, -0.2) is 0 Å². The Hall–Kier alpha value is -1.42. The molecule has 2 aromatic carbocycles. The summed E-state index contributed by atoms with van der Waals surface area (Å²) >= 11 is 17.8. The lowest BCUT2D eigenvalue weighted by atomic mass is 10.2. The molecule has 3 nitrogen and oxygen atoms in total. The van der Waals surface area contributed by atoms with Crippen LogP contribution in [0, 0.1) is 0 Å². The van der Waals surface area contributed by atoms with Crippen molar-refractivity contribution >= 4 is 46.7 Å². The summed E-state index contributed by atoms with van der Waals surface area (Å²) in [5, 5.41) is 14.7. The van der Waals surface area contributed by atoms with Crippen LogP contribution in [-0.2, 0) is 0 Å². The molecule has 0 aliphatic carbocycles. The number of hydrogen-bond donors (Lipinski definition) is 2. The third-order valence-corrected chi connectivity index (χ3v) is 3.14. The molecule has 19 heavy (non-hydrogen) atoms. The maximum atomic E-state index is 9.56. The molecule has 0 bridgehead atoms. The summed E-state index contributed by atoms with van der Waals surface area (Å²) in [5.74, 6) is 0.140. The van der Waals surface area contributed by atoms with Crippen molar-refractivity contribution in [2.75, 3.05) is 5.43 Å². The van der Waals surface area contributed by atoms with E-state index in [4.69, 9.17) is 34.8 Å². The molecule has 0 aliphatic rings. The third kappa shape index (κ3) is 3.53. The zero-order valence-corrected chi connectivity index (χ0v) is 11.8. The molecule has 2 rings (SSSR count). The Morgan fingerprint density at radius 1 is 1.05 bits per heavy atom. The van der Waals surface area contributed by atoms with E-state index in [0.29, 0.717) is 26.3 Å². The number of rotatable bonds is 3. The van der Waals surface area contributed by atoms with E-state index in [1.165, 1.54) is 6.21 Å². The van der Waals surface area contributed by atoms with Gasteiger partial charge in [0, 0.05) is 10.6 Å². The number of aromatic hydroxyl groups is 1. The van der Waals surface area contributed by atoms with Gasteiger partial charge >= 0.3 is 0 Å². The molecular weight excluding hydrogens is 307 g/mol. The molecule has 0 aromatic heterocycles. The summed E-state index contributed by atoms with van der Waals surface area (Å²) < 4.78 is 0. The average molecular weight is 316 g/mol. The van der Waals surface area contributed by atoms with Gasteiger partial charge in [-0.1, -0.05) is 46.9 Å². The van der Waals surface area contributed by atoms with Crippen LogP contribution < -0.4 is 5.43 Å². The molecule has 0 amide bonds. The van der Waals surface area contributed by atoms with E-state index in [0.717, 1.165) is 0 Å². The number of phenolic OH excluding ortho intramolecular Hbond substituents is 1. The van der Waals surface area contributed by atoms with Crippen LogP contribution in [0.15, 0.2) is 41.5 Å². The van der Waals surface area contributed by atoms with Gasteiger partial charge in [-0.15, -0.1) is 0 Å². The van der Waals surface area contributed by atoms with E-state index in [9.17, 15) is 5.11 Å². The van der Waals surface area contributed by atoms with Gasteiger partial charge in [0.25, 0.3) is 0 Å². The van der Waals surface area contributed by atoms with Crippen LogP contribution in [0.4, 0.5) is 5.69 Å². The van der Waals surface area contributed by atoms with Gasteiger partial charge in [0.15, 0.2) is 0 Å². The number of hydrogen-bond acceptors (Lipinski definition) is 3. The number of phenols is 1. The van der Waals surface area contributed by atoms with Gasteiger partial charge in [0.2, 0.25) is 0 Å². The molecule has 2 aromatic rings. The van der Waals surface area contributed by atoms with Crippen molar-refractivity contribution in [1.29, 1.82) is 0 Å². The third-order valence-electron chi connectivity index (χ3n) is 2.32. The van der Waals surface area contributed by atoms with E-state index in [2.05, 4.69) is 10.5 Å². The smallest absolute Gasteiger partial charge is 0.124 e. The van der Waals surface area contributed by atoms with Crippen molar-refractivity contribution in [1.82, 2.24) is 0 Å². The Morgan fingerprint density at radius 3 is 2.32 bits per heavy atom. The topological polar surface area (TPSA) is 44.6 Å². The summed E-state index contributed by atoms with van der Waals surface area (Å²) in [6, 6.07) is 9.95. The Balaban J connectivity index is 2.18. The summed E-state index contributed by atoms with van der Waals surface area (Å²) in [6.45, 7) is 0. The van der Waals surface area contributed by atoms with Gasteiger partial charge in [-0.05, 0) is 24.3 Å². The summed E-state index contributed by atoms with van der Waals surface area (Å²) in [6.07, 6.45) is 1.47. The molecule has 0 heterocycles. The Labute approximate surface area is 125 Å². The lowest BCUT2D eigenvalue weighted by Crippen LogP contribution is -1.93. The molecule has 0 unspecified atom stereocenters. The maximum Gasteiger partial charge on any atom is 0.124 e. The molecule has 2 N–H and O–H groups in total. The lowest BCUT2D eigenvalue weighted by Gasteiger charge is -2.06. The van der Waals surface area contributed by atoms with Crippen molar-refractivity contribution in [2.45, 2.75) is 0 Å². The first-order valence-electron chi connectivity index (χ1n) is 5.29. The zero-order chi connectivity index (χ0) is 13.8. The fourth-order valence-corrected chi connectivity index (χ4v) is 2.31. The Bertz CT molecular complexity index is 606. The number of para-hydroxylation sites is 1. The van der Waals surface area contributed by atoms with Crippen LogP contribution >= 0.6 is 34.8 Å². The van der Waals surface area contributed by atoms with E-state index < -0.39 is 0 Å². The number of benzene rings is 2. The second-order valence-electron chi connectivity index (χ2n) is 3.67. The maximum absolute atomic E-state index is 9.56. The van der Waals surface area contributed by atoms with Gasteiger partial charge in [-0.3, -0.25) is 5.43 Å². The predicted molar refractivity (Wildman–Crippen MR) is 80.8 cm³/mol. The van der Waals surface area contributed by atoms with E-state index in [1.54, 1.807) is 36.4 Å². The van der Waals surface area contributed by atoms with Gasteiger partial charge in [-0.2, -0.15) is 5.10 Å². The largest absolute Gasteiger partial charge is 0.507 e. The van der Waals surface area contributed by atoms with Gasteiger partial charge in [0.05, 0.1) is 21.9 Å². The number of nitrogens with zero attached hydrogens (tertiary/aromatic N) is 1. The van der Waals surface area contributed by atoms with Crippen LogP contribution in [0.25, 0.3) is 0 Å². The standard InChI is InChI=1S/C13H9Cl3N2O/c14-9-5-10(15)13(11(16)6-9)18-17-7-8-3-1-2-4-12(8)19/h1-7,18-19H/b17-7+. The number of hydrazone groups is 1. The number of anilines is 1. The first kappa shape index (κ1) is 14.0. The van der Waals surface area contributed by atoms with Crippen LogP contribution in [0.5, 0.6) is 5.75 Å². The van der Waals surface area contributed by atoms with Crippen LogP contribution in [0.1, 0.15) is 5.56 Å². The van der Waals surface area contributed by atoms with Crippen LogP contribution in [0.3, 0.4) is 0 Å². The molecular formula is C13H9Cl3N2O. The van der Waals surface area contributed by atoms with Crippen LogP contribution in [-0.4, -0.2) is 11.3 Å². The van der Waals surface area contributed by atoms with E-state index in [1.807, 2.05) is 0 Å². The van der Waals surface area contributed by atoms with Gasteiger partial charge < -0.3 is 5.11 Å². The highest BCUT2D eigenvalue weighted by Crippen LogP contribution is 2.33. The van der Waals surface area contributed by atoms with Gasteiger partial charge in [0.1, 0.15) is 5.75 Å². The molecule has 0 spiro atoms. The predicted octanol–water partition coefficient (Wildman–Crippen LogP) is 4.80. The highest BCUT2D eigenvalue weighted by molar-refractivity contribution is 6.41. The molecule has 0 aliphatic heterocycles. The number of halogens is 3. The fourth-order valence-electron chi connectivity index (χ4n) is 1.41. The summed E-state index contributed by atoms with van der Waals surface area (Å²) in [7, 11) is 0. The molecule has 0 atom stereocenters. The average Bonchev–Trinajstić information content (AvgIpc) is 2.34. The lowest BCUT2D eigenvalue weighted by molar-refractivity contribution is 0.474. The molecule has 0 radical (unpaired) electrons. The SMILES string of the molecule is Oc1ccccc1/C=N/Nc1c(Cl)cc(Cl)cc1Cl. The Kier molecular flexibility index (Phi) is 4.53. The number of nitrogens with one attached hydrogen (secondary N) is 1. The first-order valence-corrected chi connectivity index (χ1v) is 6.43. The molecule has 0 saturated heterocycles. The minimum atomic E-state index is 0.140. The van der Waals surface area contributed by atoms with Crippen LogP contribution in [0.2, 0.25) is 15.1 Å². The van der Waals surface area contributed by atoms with E-state index in [-0.39, 0.29) is 5.75 Å². The fraction of sp³-hybridized carbons (Fsp3) is 0. The molecule has 6 heteroatoms. The van der Waals surface area contributed by atoms with Crippen molar-refractivity contribution in [3.05, 3.63) is 57.0 Å². The molecule has 98 valence electrons. The second-order valence-corrected chi connectivity index (χ2v) is 4.92. The zero-order valence-electron chi connectivity index (χ0n) is 9.57. The van der Waals surface area contributed by atoms with Crippen molar-refractivity contribution in [2.24, 2.45) is 5.10 Å². The van der Waals surface area contributed by atoms with Crippen molar-refractivity contribution < 1.29 is 5.11 Å². The molecule has 0 fully saturated rings. The van der Waals surface area contributed by atoms with E-state index >= 15 is 0 Å². The summed E-state index contributed by atoms with van der Waals surface area (Å²) in [4.78, 5) is 0. The van der Waals surface area contributed by atoms with Crippen molar-refractivity contribution in [3.8, 4) is 5.75 Å². The highest BCUT2D eigenvalue weighted by atomic mass is 35.5. The normalized spacial score (nSPS) is 10.9. The minimum Gasteiger partial charge on any atom is -0.507 e. The molecule has 0 saturated carbocycles. The summed E-state index contributed by atoms with van der Waals surface area (Å²) in [5.41, 5.74) is 3.76. The van der Waals surface area contributed by atoms with Crippen molar-refractivity contribution in [3.63, 3.8) is 0 Å². The monoisotopic (exact) mass is 314 g/mol. The second kappa shape index (κ2) is 6.15. The highest BCUT2D eigenvalue weighted by Gasteiger charge is 2.06. The Morgan fingerprint density at radius 2 is 1.68 bits per heavy atom. The minimum absolute atomic E-state index is 0.140. The first-order chi connectivity index (χ1) is 9.08.